The van der Waals surface area contributed by atoms with Gasteiger partial charge in [-0.3, -0.25) is 14.4 Å². The van der Waals surface area contributed by atoms with Gasteiger partial charge in [0.2, 0.25) is 0 Å². The Bertz CT molecular complexity index is 838. The molecule has 0 fully saturated rings. The largest absolute Gasteiger partial charge is 0.396 e. The van der Waals surface area contributed by atoms with E-state index >= 15 is 0 Å². The van der Waals surface area contributed by atoms with Crippen LogP contribution >= 0.6 is 0 Å². The summed E-state index contributed by atoms with van der Waals surface area (Å²) in [5, 5.41) is 0. The number of ketones is 3. The fourth-order valence-electron chi connectivity index (χ4n) is 2.59. The van der Waals surface area contributed by atoms with Crippen molar-refractivity contribution >= 4 is 28.7 Å². The van der Waals surface area contributed by atoms with Crippen molar-refractivity contribution in [2.24, 2.45) is 0 Å². The molecular formula is C16H12N2O3. The first-order valence-corrected chi connectivity index (χ1v) is 6.34. The van der Waals surface area contributed by atoms with E-state index < -0.39 is 0 Å². The van der Waals surface area contributed by atoms with Gasteiger partial charge in [0, 0.05) is 22.3 Å². The van der Waals surface area contributed by atoms with Crippen molar-refractivity contribution in [3.63, 3.8) is 0 Å². The van der Waals surface area contributed by atoms with Crippen molar-refractivity contribution in [2.45, 2.75) is 6.92 Å². The summed E-state index contributed by atoms with van der Waals surface area (Å²) in [5.41, 5.74) is 12.8. The molecule has 0 bridgehead atoms. The lowest BCUT2D eigenvalue weighted by Crippen LogP contribution is -2.24. The first-order valence-electron chi connectivity index (χ1n) is 6.34. The molecule has 5 nitrogen and oxygen atoms in total. The molecule has 0 heterocycles. The number of carbonyl (C=O) groups is 3. The van der Waals surface area contributed by atoms with Crippen LogP contribution < -0.4 is 11.5 Å². The monoisotopic (exact) mass is 280 g/mol. The van der Waals surface area contributed by atoms with Crippen LogP contribution in [0.15, 0.2) is 30.3 Å². The second kappa shape index (κ2) is 4.28. The Hall–Kier alpha value is -2.95. The predicted octanol–water partition coefficient (Wildman–Crippen LogP) is 1.83. The number of nitrogens with two attached hydrogens (primary N) is 2. The van der Waals surface area contributed by atoms with E-state index in [-0.39, 0.29) is 45.4 Å². The maximum atomic E-state index is 12.5. The van der Waals surface area contributed by atoms with Crippen molar-refractivity contribution in [3.8, 4) is 0 Å². The van der Waals surface area contributed by atoms with E-state index in [1.54, 1.807) is 24.3 Å². The van der Waals surface area contributed by atoms with E-state index in [9.17, 15) is 14.4 Å². The molecule has 3 rings (SSSR count). The molecular weight excluding hydrogens is 268 g/mol. The summed E-state index contributed by atoms with van der Waals surface area (Å²) in [4.78, 5) is 36.7. The number of hydrogen-bond donors (Lipinski definition) is 2. The highest BCUT2D eigenvalue weighted by Crippen LogP contribution is 2.35. The smallest absolute Gasteiger partial charge is 0.196 e. The number of benzene rings is 2. The molecule has 0 atom stereocenters. The van der Waals surface area contributed by atoms with Crippen LogP contribution in [-0.2, 0) is 0 Å². The predicted molar refractivity (Wildman–Crippen MR) is 78.6 cm³/mol. The van der Waals surface area contributed by atoms with Crippen LogP contribution in [0.4, 0.5) is 11.4 Å². The van der Waals surface area contributed by atoms with Crippen molar-refractivity contribution in [3.05, 3.63) is 58.1 Å². The number of hydrogen-bond acceptors (Lipinski definition) is 5. The molecule has 0 saturated heterocycles. The summed E-state index contributed by atoms with van der Waals surface area (Å²) in [6.07, 6.45) is 0. The van der Waals surface area contributed by atoms with Crippen LogP contribution in [-0.4, -0.2) is 17.3 Å². The van der Waals surface area contributed by atoms with Crippen LogP contribution in [0.2, 0.25) is 0 Å². The molecule has 21 heavy (non-hydrogen) atoms. The van der Waals surface area contributed by atoms with Gasteiger partial charge in [0.1, 0.15) is 0 Å². The zero-order valence-electron chi connectivity index (χ0n) is 11.3. The quantitative estimate of drug-likeness (QED) is 0.523. The molecule has 4 N–H and O–H groups in total. The highest BCUT2D eigenvalue weighted by atomic mass is 16.1. The average Bonchev–Trinajstić information content (AvgIpc) is 2.47. The van der Waals surface area contributed by atoms with Gasteiger partial charge in [-0.1, -0.05) is 24.3 Å². The van der Waals surface area contributed by atoms with Gasteiger partial charge < -0.3 is 11.5 Å². The first-order chi connectivity index (χ1) is 9.93. The maximum absolute atomic E-state index is 12.5. The van der Waals surface area contributed by atoms with E-state index in [1.807, 2.05) is 0 Å². The summed E-state index contributed by atoms with van der Waals surface area (Å²) < 4.78 is 0. The number of fused-ring (bicyclic) bond motifs is 2. The standard InChI is InChI=1S/C16H12N2O3/c1-7(19)10-6-11-12(14(18)13(10)17)16(21)9-5-3-2-4-8(9)15(11)20/h2-6H,17-18H2,1H3. The average molecular weight is 280 g/mol. The zero-order chi connectivity index (χ0) is 15.3. The third kappa shape index (κ3) is 1.67. The lowest BCUT2D eigenvalue weighted by molar-refractivity contribution is 0.0978. The van der Waals surface area contributed by atoms with E-state index in [2.05, 4.69) is 0 Å². The minimum atomic E-state index is -0.348. The molecule has 0 saturated carbocycles. The molecule has 104 valence electrons. The second-order valence-corrected chi connectivity index (χ2v) is 4.93. The zero-order valence-corrected chi connectivity index (χ0v) is 11.3. The number of anilines is 2. The molecule has 1 aliphatic carbocycles. The van der Waals surface area contributed by atoms with Crippen molar-refractivity contribution in [1.29, 1.82) is 0 Å². The van der Waals surface area contributed by atoms with E-state index in [0.29, 0.717) is 11.1 Å². The summed E-state index contributed by atoms with van der Waals surface area (Å²) in [6, 6.07) is 7.88. The highest BCUT2D eigenvalue weighted by Gasteiger charge is 2.33. The van der Waals surface area contributed by atoms with Crippen LogP contribution in [0.5, 0.6) is 0 Å². The van der Waals surface area contributed by atoms with Gasteiger partial charge in [0.15, 0.2) is 17.3 Å². The Balaban J connectivity index is 2.38. The fourth-order valence-corrected chi connectivity index (χ4v) is 2.59. The molecule has 0 unspecified atom stereocenters. The molecule has 0 aromatic heterocycles. The lowest BCUT2D eigenvalue weighted by Gasteiger charge is -2.21. The number of rotatable bonds is 1. The lowest BCUT2D eigenvalue weighted by atomic mass is 9.81. The summed E-state index contributed by atoms with van der Waals surface area (Å²) in [7, 11) is 0. The van der Waals surface area contributed by atoms with Crippen molar-refractivity contribution < 1.29 is 14.4 Å². The molecule has 0 spiro atoms. The summed E-state index contributed by atoms with van der Waals surface area (Å²) >= 11 is 0. The third-order valence-corrected chi connectivity index (χ3v) is 3.67. The van der Waals surface area contributed by atoms with Crippen molar-refractivity contribution in [2.75, 3.05) is 11.5 Å². The van der Waals surface area contributed by atoms with Gasteiger partial charge in [-0.05, 0) is 13.0 Å². The minimum Gasteiger partial charge on any atom is -0.396 e. The Morgan fingerprint density at radius 3 is 2.05 bits per heavy atom. The van der Waals surface area contributed by atoms with Gasteiger partial charge in [0.05, 0.1) is 16.9 Å². The van der Waals surface area contributed by atoms with Crippen LogP contribution in [0.1, 0.15) is 49.1 Å². The molecule has 0 amide bonds. The Morgan fingerprint density at radius 2 is 1.48 bits per heavy atom. The van der Waals surface area contributed by atoms with Gasteiger partial charge in [-0.2, -0.15) is 0 Å². The Kier molecular flexibility index (Phi) is 2.66. The highest BCUT2D eigenvalue weighted by molar-refractivity contribution is 6.31. The summed E-state index contributed by atoms with van der Waals surface area (Å²) in [6.45, 7) is 1.33. The topological polar surface area (TPSA) is 103 Å². The molecule has 0 aliphatic heterocycles. The maximum Gasteiger partial charge on any atom is 0.196 e. The van der Waals surface area contributed by atoms with Crippen LogP contribution in [0.3, 0.4) is 0 Å². The summed E-state index contributed by atoms with van der Waals surface area (Å²) in [5.74, 6) is -0.977. The molecule has 2 aromatic rings. The van der Waals surface area contributed by atoms with Crippen LogP contribution in [0, 0.1) is 0 Å². The normalized spacial score (nSPS) is 12.8. The minimum absolute atomic E-state index is 0.00875. The molecule has 1 aliphatic rings. The Morgan fingerprint density at radius 1 is 0.905 bits per heavy atom. The second-order valence-electron chi connectivity index (χ2n) is 4.93. The molecule has 5 heteroatoms. The van der Waals surface area contributed by atoms with Gasteiger partial charge in [-0.25, -0.2) is 0 Å². The van der Waals surface area contributed by atoms with Crippen molar-refractivity contribution in [1.82, 2.24) is 0 Å². The first kappa shape index (κ1) is 13.1. The van der Waals surface area contributed by atoms with Gasteiger partial charge in [-0.15, -0.1) is 0 Å². The molecule has 2 aromatic carbocycles. The third-order valence-electron chi connectivity index (χ3n) is 3.67. The number of Topliss-reactive ketones (excluding diaryl/α,β-unsaturated/α-hetero) is 1. The van der Waals surface area contributed by atoms with Crippen LogP contribution in [0.25, 0.3) is 0 Å². The van der Waals surface area contributed by atoms with E-state index in [0.717, 1.165) is 0 Å². The molecule has 0 radical (unpaired) electrons. The SMILES string of the molecule is CC(=O)c1cc2c(c(N)c1N)C(=O)c1ccccc1C2=O. The van der Waals surface area contributed by atoms with E-state index in [4.69, 9.17) is 11.5 Å². The number of nitrogen functional groups attached to an aromatic ring is 2. The number of carbonyl (C=O) groups excluding carboxylic acids is 3. The van der Waals surface area contributed by atoms with Gasteiger partial charge >= 0.3 is 0 Å². The van der Waals surface area contributed by atoms with E-state index in [1.165, 1.54) is 13.0 Å². The fraction of sp³-hybridized carbons (Fsp3) is 0.0625. The Labute approximate surface area is 120 Å². The van der Waals surface area contributed by atoms with Gasteiger partial charge in [0.25, 0.3) is 0 Å².